The van der Waals surface area contributed by atoms with E-state index in [1.807, 2.05) is 43.0 Å². The van der Waals surface area contributed by atoms with Crippen molar-refractivity contribution >= 4 is 11.6 Å². The van der Waals surface area contributed by atoms with E-state index in [1.165, 1.54) is 0 Å². The van der Waals surface area contributed by atoms with Gasteiger partial charge in [-0.05, 0) is 50.2 Å². The lowest BCUT2D eigenvalue weighted by molar-refractivity contribution is -0.117. The number of rotatable bonds is 3. The number of anilines is 1. The summed E-state index contributed by atoms with van der Waals surface area (Å²) >= 11 is 0. The highest BCUT2D eigenvalue weighted by atomic mass is 16.5. The van der Waals surface area contributed by atoms with E-state index >= 15 is 0 Å². The van der Waals surface area contributed by atoms with Gasteiger partial charge in [0, 0.05) is 18.7 Å². The predicted octanol–water partition coefficient (Wildman–Crippen LogP) is 2.83. The maximum absolute atomic E-state index is 11.9. The number of amides is 1. The molecule has 1 saturated heterocycles. The van der Waals surface area contributed by atoms with Gasteiger partial charge in [-0.1, -0.05) is 13.8 Å². The SMILES string of the molecule is CC.COc1ccc(N(C(C)=O)C2CCNCC2)cc1. The molecule has 0 saturated carbocycles. The molecule has 4 heteroatoms. The molecule has 0 unspecified atom stereocenters. The smallest absolute Gasteiger partial charge is 0.224 e. The molecule has 0 radical (unpaired) electrons. The number of hydrogen-bond donors (Lipinski definition) is 1. The summed E-state index contributed by atoms with van der Waals surface area (Å²) in [5.41, 5.74) is 0.954. The number of carbonyl (C=O) groups is 1. The minimum Gasteiger partial charge on any atom is -0.497 e. The van der Waals surface area contributed by atoms with Crippen LogP contribution < -0.4 is 15.0 Å². The first-order chi connectivity index (χ1) is 9.72. The van der Waals surface area contributed by atoms with Crippen LogP contribution in [0.2, 0.25) is 0 Å². The first kappa shape index (κ1) is 16.5. The fourth-order valence-corrected chi connectivity index (χ4v) is 2.46. The Hall–Kier alpha value is -1.55. The van der Waals surface area contributed by atoms with Crippen molar-refractivity contribution in [2.24, 2.45) is 0 Å². The molecule has 4 nitrogen and oxygen atoms in total. The van der Waals surface area contributed by atoms with E-state index in [2.05, 4.69) is 5.32 Å². The van der Waals surface area contributed by atoms with E-state index < -0.39 is 0 Å². The largest absolute Gasteiger partial charge is 0.497 e. The Bertz CT molecular complexity index is 397. The average molecular weight is 278 g/mol. The van der Waals surface area contributed by atoms with Gasteiger partial charge >= 0.3 is 0 Å². The van der Waals surface area contributed by atoms with E-state index in [-0.39, 0.29) is 5.91 Å². The Morgan fingerprint density at radius 1 is 1.20 bits per heavy atom. The summed E-state index contributed by atoms with van der Waals surface area (Å²) in [4.78, 5) is 13.8. The maximum atomic E-state index is 11.9. The Kier molecular flexibility index (Phi) is 7.09. The van der Waals surface area contributed by atoms with Gasteiger partial charge in [0.2, 0.25) is 5.91 Å². The van der Waals surface area contributed by atoms with Crippen LogP contribution in [0.25, 0.3) is 0 Å². The summed E-state index contributed by atoms with van der Waals surface area (Å²) < 4.78 is 5.14. The highest BCUT2D eigenvalue weighted by molar-refractivity contribution is 5.92. The molecule has 1 aromatic carbocycles. The van der Waals surface area contributed by atoms with Crippen LogP contribution in [0.1, 0.15) is 33.6 Å². The molecule has 1 N–H and O–H groups in total. The molecule has 112 valence electrons. The van der Waals surface area contributed by atoms with Gasteiger partial charge in [0.25, 0.3) is 0 Å². The van der Waals surface area contributed by atoms with Gasteiger partial charge < -0.3 is 15.0 Å². The number of methoxy groups -OCH3 is 1. The summed E-state index contributed by atoms with van der Waals surface area (Å²) in [6.45, 7) is 7.58. The second-order valence-corrected chi connectivity index (χ2v) is 4.57. The first-order valence-electron chi connectivity index (χ1n) is 7.37. The van der Waals surface area contributed by atoms with Crippen molar-refractivity contribution in [3.8, 4) is 5.75 Å². The lowest BCUT2D eigenvalue weighted by Crippen LogP contribution is -2.45. The number of carbonyl (C=O) groups excluding carboxylic acids is 1. The van der Waals surface area contributed by atoms with Gasteiger partial charge in [0.1, 0.15) is 5.75 Å². The second kappa shape index (κ2) is 8.59. The zero-order chi connectivity index (χ0) is 15.0. The third kappa shape index (κ3) is 4.23. The number of hydrogen-bond acceptors (Lipinski definition) is 3. The molecule has 0 aromatic heterocycles. The molecule has 0 atom stereocenters. The van der Waals surface area contributed by atoms with E-state index in [4.69, 9.17) is 4.74 Å². The quantitative estimate of drug-likeness (QED) is 0.924. The summed E-state index contributed by atoms with van der Waals surface area (Å²) in [5.74, 6) is 0.916. The van der Waals surface area contributed by atoms with Gasteiger partial charge in [0.05, 0.1) is 7.11 Å². The van der Waals surface area contributed by atoms with Crippen molar-refractivity contribution in [1.29, 1.82) is 0 Å². The number of nitrogens with zero attached hydrogens (tertiary/aromatic N) is 1. The van der Waals surface area contributed by atoms with Crippen LogP contribution in [-0.4, -0.2) is 32.1 Å². The van der Waals surface area contributed by atoms with Crippen molar-refractivity contribution in [3.05, 3.63) is 24.3 Å². The third-order valence-electron chi connectivity index (χ3n) is 3.36. The lowest BCUT2D eigenvalue weighted by atomic mass is 10.0. The molecule has 0 spiro atoms. The third-order valence-corrected chi connectivity index (χ3v) is 3.36. The van der Waals surface area contributed by atoms with E-state index in [0.29, 0.717) is 6.04 Å². The molecule has 20 heavy (non-hydrogen) atoms. The Morgan fingerprint density at radius 3 is 2.20 bits per heavy atom. The van der Waals surface area contributed by atoms with Gasteiger partial charge in [-0.2, -0.15) is 0 Å². The van der Waals surface area contributed by atoms with Crippen LogP contribution in [0.15, 0.2) is 24.3 Å². The summed E-state index contributed by atoms with van der Waals surface area (Å²) in [6.07, 6.45) is 2.01. The minimum atomic E-state index is 0.104. The van der Waals surface area contributed by atoms with Crippen LogP contribution >= 0.6 is 0 Å². The first-order valence-corrected chi connectivity index (χ1v) is 7.37. The molecule has 2 rings (SSSR count). The highest BCUT2D eigenvalue weighted by Gasteiger charge is 2.24. The van der Waals surface area contributed by atoms with Gasteiger partial charge in [-0.15, -0.1) is 0 Å². The molecule has 1 heterocycles. The van der Waals surface area contributed by atoms with E-state index in [1.54, 1.807) is 14.0 Å². The summed E-state index contributed by atoms with van der Waals surface area (Å²) in [6, 6.07) is 7.99. The highest BCUT2D eigenvalue weighted by Crippen LogP contribution is 2.24. The Labute approximate surface area is 122 Å². The maximum Gasteiger partial charge on any atom is 0.224 e. The van der Waals surface area contributed by atoms with Crippen molar-refractivity contribution in [1.82, 2.24) is 5.32 Å². The van der Waals surface area contributed by atoms with Gasteiger partial charge in [-0.3, -0.25) is 4.79 Å². The Morgan fingerprint density at radius 2 is 1.75 bits per heavy atom. The second-order valence-electron chi connectivity index (χ2n) is 4.57. The zero-order valence-corrected chi connectivity index (χ0v) is 13.0. The van der Waals surface area contributed by atoms with Crippen molar-refractivity contribution in [2.75, 3.05) is 25.1 Å². The predicted molar refractivity (Wildman–Crippen MR) is 83.4 cm³/mol. The minimum absolute atomic E-state index is 0.104. The van der Waals surface area contributed by atoms with Crippen molar-refractivity contribution in [2.45, 2.75) is 39.7 Å². The van der Waals surface area contributed by atoms with Crippen LogP contribution in [0.3, 0.4) is 0 Å². The Balaban J connectivity index is 0.000000956. The molecule has 0 aliphatic carbocycles. The molecule has 1 aliphatic rings. The average Bonchev–Trinajstić information content (AvgIpc) is 2.51. The molecular formula is C16H26N2O2. The molecule has 0 bridgehead atoms. The molecule has 1 fully saturated rings. The van der Waals surface area contributed by atoms with Gasteiger partial charge in [-0.25, -0.2) is 0 Å². The standard InChI is InChI=1S/C14H20N2O2.C2H6/c1-11(17)16(13-7-9-15-10-8-13)12-3-5-14(18-2)6-4-12;1-2/h3-6,13,15H,7-10H2,1-2H3;1-2H3. The van der Waals surface area contributed by atoms with Crippen molar-refractivity contribution in [3.63, 3.8) is 0 Å². The number of nitrogens with one attached hydrogen (secondary N) is 1. The molecule has 1 aromatic rings. The van der Waals surface area contributed by atoms with Crippen LogP contribution in [-0.2, 0) is 4.79 Å². The monoisotopic (exact) mass is 278 g/mol. The van der Waals surface area contributed by atoms with Crippen LogP contribution in [0, 0.1) is 0 Å². The van der Waals surface area contributed by atoms with Crippen LogP contribution in [0.5, 0.6) is 5.75 Å². The number of ether oxygens (including phenoxy) is 1. The van der Waals surface area contributed by atoms with Crippen LogP contribution in [0.4, 0.5) is 5.69 Å². The van der Waals surface area contributed by atoms with E-state index in [0.717, 1.165) is 37.4 Å². The molecule has 1 aliphatic heterocycles. The normalized spacial score (nSPS) is 15.0. The number of piperidine rings is 1. The van der Waals surface area contributed by atoms with E-state index in [9.17, 15) is 4.79 Å². The molecule has 1 amide bonds. The molecular weight excluding hydrogens is 252 g/mol. The number of benzene rings is 1. The lowest BCUT2D eigenvalue weighted by Gasteiger charge is -2.34. The fourth-order valence-electron chi connectivity index (χ4n) is 2.46. The van der Waals surface area contributed by atoms with Gasteiger partial charge in [0.15, 0.2) is 0 Å². The van der Waals surface area contributed by atoms with Crippen molar-refractivity contribution < 1.29 is 9.53 Å². The summed E-state index contributed by atoms with van der Waals surface area (Å²) in [7, 11) is 1.64. The summed E-state index contributed by atoms with van der Waals surface area (Å²) in [5, 5.41) is 3.32. The topological polar surface area (TPSA) is 41.6 Å². The zero-order valence-electron chi connectivity index (χ0n) is 13.0. The fraction of sp³-hybridized carbons (Fsp3) is 0.562.